The molecular formula is C19H15BN2O2. The van der Waals surface area contributed by atoms with Crippen molar-refractivity contribution in [3.63, 3.8) is 0 Å². The highest BCUT2D eigenvalue weighted by Gasteiger charge is 2.18. The van der Waals surface area contributed by atoms with Crippen LogP contribution in [0.2, 0.25) is 0 Å². The van der Waals surface area contributed by atoms with Gasteiger partial charge in [-0.1, -0.05) is 60.7 Å². The number of rotatable bonds is 3. The van der Waals surface area contributed by atoms with E-state index in [1.807, 2.05) is 71.3 Å². The third kappa shape index (κ3) is 2.50. The molecule has 0 amide bonds. The first-order chi connectivity index (χ1) is 11.7. The van der Waals surface area contributed by atoms with E-state index in [2.05, 4.69) is 0 Å². The number of hydrogen-bond donors (Lipinski definition) is 2. The molecule has 0 bridgehead atoms. The number of nitrogens with zero attached hydrogens (tertiary/aromatic N) is 2. The van der Waals surface area contributed by atoms with Crippen molar-refractivity contribution >= 4 is 18.2 Å². The fourth-order valence-electron chi connectivity index (χ4n) is 2.89. The Kier molecular flexibility index (Phi) is 3.65. The molecule has 0 atom stereocenters. The van der Waals surface area contributed by atoms with Gasteiger partial charge in [0.1, 0.15) is 5.65 Å². The molecule has 4 rings (SSSR count). The molecule has 0 saturated carbocycles. The van der Waals surface area contributed by atoms with Crippen LogP contribution in [-0.4, -0.2) is 26.6 Å². The molecule has 4 aromatic rings. The molecule has 0 fully saturated rings. The lowest BCUT2D eigenvalue weighted by atomic mass is 9.81. The van der Waals surface area contributed by atoms with Crippen LogP contribution in [0.4, 0.5) is 0 Å². The maximum atomic E-state index is 9.41. The lowest BCUT2D eigenvalue weighted by molar-refractivity contribution is 0.426. The van der Waals surface area contributed by atoms with Gasteiger partial charge in [0.15, 0.2) is 0 Å². The topological polar surface area (TPSA) is 57.8 Å². The van der Waals surface area contributed by atoms with Crippen LogP contribution in [0, 0.1) is 0 Å². The second-order valence-corrected chi connectivity index (χ2v) is 5.60. The van der Waals surface area contributed by atoms with E-state index in [-0.39, 0.29) is 0 Å². The molecule has 5 heteroatoms. The number of hydrogen-bond acceptors (Lipinski definition) is 3. The van der Waals surface area contributed by atoms with E-state index >= 15 is 0 Å². The van der Waals surface area contributed by atoms with Gasteiger partial charge < -0.3 is 10.0 Å². The van der Waals surface area contributed by atoms with Crippen molar-refractivity contribution in [2.45, 2.75) is 0 Å². The number of fused-ring (bicyclic) bond motifs is 1. The third-order valence-corrected chi connectivity index (χ3v) is 4.04. The minimum Gasteiger partial charge on any atom is -0.423 e. The summed E-state index contributed by atoms with van der Waals surface area (Å²) in [6.07, 6.45) is 1.83. The minimum absolute atomic E-state index is 0.423. The van der Waals surface area contributed by atoms with Crippen LogP contribution in [0.5, 0.6) is 0 Å². The van der Waals surface area contributed by atoms with E-state index < -0.39 is 7.12 Å². The first kappa shape index (κ1) is 14.7. The predicted molar refractivity (Wildman–Crippen MR) is 95.9 cm³/mol. The predicted octanol–water partition coefficient (Wildman–Crippen LogP) is 2.35. The van der Waals surface area contributed by atoms with Crippen molar-refractivity contribution in [2.24, 2.45) is 0 Å². The maximum Gasteiger partial charge on any atom is 0.488 e. The molecule has 2 aromatic carbocycles. The molecule has 4 nitrogen and oxygen atoms in total. The summed E-state index contributed by atoms with van der Waals surface area (Å²) in [7, 11) is -1.51. The van der Waals surface area contributed by atoms with Crippen LogP contribution in [-0.2, 0) is 0 Å². The molecule has 0 aliphatic rings. The Morgan fingerprint density at radius 3 is 2.04 bits per heavy atom. The maximum absolute atomic E-state index is 9.41. The Morgan fingerprint density at radius 1 is 0.792 bits per heavy atom. The molecule has 2 N–H and O–H groups in total. The molecule has 0 spiro atoms. The van der Waals surface area contributed by atoms with Gasteiger partial charge in [0.25, 0.3) is 0 Å². The standard InChI is InChI=1S/C19H15BN2O2/c23-20(24)16-11-12-22-17(13-16)21-18(14-7-3-1-4-8-14)19(22)15-9-5-2-6-10-15/h1-13,23-24H. The lowest BCUT2D eigenvalue weighted by Crippen LogP contribution is -2.29. The molecule has 0 aliphatic heterocycles. The second-order valence-electron chi connectivity index (χ2n) is 5.60. The molecule has 0 radical (unpaired) electrons. The fourth-order valence-corrected chi connectivity index (χ4v) is 2.89. The summed E-state index contributed by atoms with van der Waals surface area (Å²) in [6, 6.07) is 23.4. The minimum atomic E-state index is -1.51. The van der Waals surface area contributed by atoms with Crippen LogP contribution in [0.25, 0.3) is 28.2 Å². The van der Waals surface area contributed by atoms with E-state index in [4.69, 9.17) is 4.98 Å². The lowest BCUT2D eigenvalue weighted by Gasteiger charge is -2.06. The summed E-state index contributed by atoms with van der Waals surface area (Å²) in [5.74, 6) is 0. The van der Waals surface area contributed by atoms with Crippen LogP contribution in [0.1, 0.15) is 0 Å². The summed E-state index contributed by atoms with van der Waals surface area (Å²) in [5, 5.41) is 18.8. The van der Waals surface area contributed by atoms with Gasteiger partial charge in [-0.05, 0) is 17.6 Å². The monoisotopic (exact) mass is 314 g/mol. The number of imidazole rings is 1. The van der Waals surface area contributed by atoms with Gasteiger partial charge in [-0.25, -0.2) is 4.98 Å². The van der Waals surface area contributed by atoms with Crippen molar-refractivity contribution < 1.29 is 10.0 Å². The van der Waals surface area contributed by atoms with Crippen LogP contribution in [0.3, 0.4) is 0 Å². The molecular weight excluding hydrogens is 299 g/mol. The summed E-state index contributed by atoms with van der Waals surface area (Å²) < 4.78 is 1.98. The van der Waals surface area contributed by atoms with Crippen LogP contribution >= 0.6 is 0 Å². The van der Waals surface area contributed by atoms with Crippen LogP contribution < -0.4 is 5.46 Å². The highest BCUT2D eigenvalue weighted by Crippen LogP contribution is 2.32. The Morgan fingerprint density at radius 2 is 1.42 bits per heavy atom. The molecule has 24 heavy (non-hydrogen) atoms. The fraction of sp³-hybridized carbons (Fsp3) is 0. The molecule has 0 unspecified atom stereocenters. The first-order valence-electron chi connectivity index (χ1n) is 7.73. The van der Waals surface area contributed by atoms with Gasteiger partial charge in [-0.2, -0.15) is 0 Å². The Balaban J connectivity index is 2.03. The molecule has 116 valence electrons. The SMILES string of the molecule is OB(O)c1ccn2c(-c3ccccc3)c(-c3ccccc3)nc2c1. The number of pyridine rings is 1. The zero-order chi connectivity index (χ0) is 16.5. The third-order valence-electron chi connectivity index (χ3n) is 4.04. The number of benzene rings is 2. The van der Waals surface area contributed by atoms with E-state index in [1.165, 1.54) is 0 Å². The van der Waals surface area contributed by atoms with Crippen molar-refractivity contribution in [1.82, 2.24) is 9.38 Å². The Bertz CT molecular complexity index is 982. The zero-order valence-corrected chi connectivity index (χ0v) is 12.9. The van der Waals surface area contributed by atoms with Gasteiger partial charge in [0.2, 0.25) is 0 Å². The quantitative estimate of drug-likeness (QED) is 0.571. The van der Waals surface area contributed by atoms with Gasteiger partial charge in [0, 0.05) is 17.3 Å². The van der Waals surface area contributed by atoms with Crippen molar-refractivity contribution in [3.05, 3.63) is 79.0 Å². The molecule has 0 saturated heterocycles. The molecule has 0 aliphatic carbocycles. The first-order valence-corrected chi connectivity index (χ1v) is 7.73. The van der Waals surface area contributed by atoms with Crippen molar-refractivity contribution in [1.29, 1.82) is 0 Å². The van der Waals surface area contributed by atoms with E-state index in [0.717, 1.165) is 22.5 Å². The average molecular weight is 314 g/mol. The van der Waals surface area contributed by atoms with Crippen molar-refractivity contribution in [3.8, 4) is 22.5 Å². The van der Waals surface area contributed by atoms with Gasteiger partial charge in [0.05, 0.1) is 11.4 Å². The van der Waals surface area contributed by atoms with Gasteiger partial charge in [-0.15, -0.1) is 0 Å². The van der Waals surface area contributed by atoms with Crippen molar-refractivity contribution in [2.75, 3.05) is 0 Å². The molecule has 2 aromatic heterocycles. The smallest absolute Gasteiger partial charge is 0.423 e. The Labute approximate surface area is 139 Å². The normalized spacial score (nSPS) is 10.9. The summed E-state index contributed by atoms with van der Waals surface area (Å²) in [5.41, 5.74) is 5.03. The average Bonchev–Trinajstić information content (AvgIpc) is 3.01. The van der Waals surface area contributed by atoms with E-state index in [9.17, 15) is 10.0 Å². The van der Waals surface area contributed by atoms with Crippen LogP contribution in [0.15, 0.2) is 79.0 Å². The summed E-state index contributed by atoms with van der Waals surface area (Å²) >= 11 is 0. The van der Waals surface area contributed by atoms with E-state index in [1.54, 1.807) is 12.1 Å². The van der Waals surface area contributed by atoms with E-state index in [0.29, 0.717) is 11.1 Å². The largest absolute Gasteiger partial charge is 0.488 e. The summed E-state index contributed by atoms with van der Waals surface area (Å²) in [4.78, 5) is 4.74. The number of aromatic nitrogens is 2. The van der Waals surface area contributed by atoms with Gasteiger partial charge in [-0.3, -0.25) is 4.40 Å². The highest BCUT2D eigenvalue weighted by atomic mass is 16.4. The highest BCUT2D eigenvalue weighted by molar-refractivity contribution is 6.58. The molecule has 2 heterocycles. The second kappa shape index (κ2) is 5.96. The zero-order valence-electron chi connectivity index (χ0n) is 12.9. The van der Waals surface area contributed by atoms with Gasteiger partial charge >= 0.3 is 7.12 Å². The summed E-state index contributed by atoms with van der Waals surface area (Å²) in [6.45, 7) is 0. The Hall–Kier alpha value is -2.89.